The third kappa shape index (κ3) is 4.81. The molecule has 1 N–H and O–H groups in total. The van der Waals surface area contributed by atoms with E-state index in [1.54, 1.807) is 18.2 Å². The second-order valence-electron chi connectivity index (χ2n) is 7.22. The van der Waals surface area contributed by atoms with Gasteiger partial charge in [-0.15, -0.1) is 0 Å². The fraction of sp³-hybridized carbons (Fsp3) is 0.500. The highest BCUT2D eigenvalue weighted by atomic mass is 32.2. The largest absolute Gasteiger partial charge is 0.452 e. The summed E-state index contributed by atoms with van der Waals surface area (Å²) >= 11 is 0. The minimum atomic E-state index is -3.65. The van der Waals surface area contributed by atoms with Gasteiger partial charge in [0.1, 0.15) is 5.84 Å². The molecule has 10 nitrogen and oxygen atoms in total. The smallest absolute Gasteiger partial charge is 0.308 e. The number of hydrogen-bond acceptors (Lipinski definition) is 8. The number of amidine groups is 1. The number of nitrogens with one attached hydrogen (secondary N) is 1. The quantitative estimate of drug-likeness (QED) is 0.578. The van der Waals surface area contributed by atoms with Gasteiger partial charge in [0.05, 0.1) is 29.4 Å². The molecular formula is C18H23N3O7S2. The number of hydrogen-bond donors (Lipinski definition) is 1. The number of nitrogens with zero attached hydrogens (tertiary/aromatic N) is 2. The topological polar surface area (TPSA) is 139 Å². The Bertz CT molecular complexity index is 1100. The number of aliphatic imine (C=N–C) groups is 1. The first-order valence-corrected chi connectivity index (χ1v) is 12.6. The third-order valence-electron chi connectivity index (χ3n) is 5.01. The summed E-state index contributed by atoms with van der Waals surface area (Å²) in [5.74, 6) is -1.04. The van der Waals surface area contributed by atoms with Gasteiger partial charge in [-0.25, -0.2) is 16.8 Å². The molecule has 3 rings (SSSR count). The van der Waals surface area contributed by atoms with Gasteiger partial charge in [-0.3, -0.25) is 19.3 Å². The van der Waals surface area contributed by atoms with Crippen LogP contribution in [-0.2, 0) is 34.2 Å². The van der Waals surface area contributed by atoms with E-state index >= 15 is 0 Å². The summed E-state index contributed by atoms with van der Waals surface area (Å²) in [4.78, 5) is 30.0. The van der Waals surface area contributed by atoms with E-state index in [1.165, 1.54) is 24.9 Å². The van der Waals surface area contributed by atoms with E-state index in [0.717, 1.165) is 0 Å². The van der Waals surface area contributed by atoms with Crippen LogP contribution in [0, 0.1) is 0 Å². The first-order chi connectivity index (χ1) is 14.0. The molecule has 12 heteroatoms. The number of likely N-dealkylation sites (N-methyl/N-ethyl adjacent to an activating group) is 1. The van der Waals surface area contributed by atoms with Crippen LogP contribution in [0.4, 0.5) is 0 Å². The average Bonchev–Trinajstić information content (AvgIpc) is 3.17. The molecule has 0 bridgehead atoms. The summed E-state index contributed by atoms with van der Waals surface area (Å²) in [6.45, 7) is 1.40. The maximum atomic E-state index is 12.4. The van der Waals surface area contributed by atoms with Crippen LogP contribution < -0.4 is 4.72 Å². The lowest BCUT2D eigenvalue weighted by atomic mass is 10.2. The second-order valence-corrected chi connectivity index (χ2v) is 11.1. The molecule has 1 amide bonds. The first-order valence-electron chi connectivity index (χ1n) is 9.33. The maximum absolute atomic E-state index is 12.4. The second kappa shape index (κ2) is 8.34. The molecule has 0 aliphatic carbocycles. The van der Waals surface area contributed by atoms with E-state index in [0.29, 0.717) is 12.0 Å². The summed E-state index contributed by atoms with van der Waals surface area (Å²) < 4.78 is 54.7. The highest BCUT2D eigenvalue weighted by Crippen LogP contribution is 2.22. The molecule has 0 spiro atoms. The number of esters is 1. The van der Waals surface area contributed by atoms with Gasteiger partial charge in [0.15, 0.2) is 15.9 Å². The summed E-state index contributed by atoms with van der Waals surface area (Å²) in [7, 11) is -5.30. The highest BCUT2D eigenvalue weighted by molar-refractivity contribution is 7.91. The molecule has 2 heterocycles. The number of sulfonamides is 1. The van der Waals surface area contributed by atoms with Crippen molar-refractivity contribution in [3.05, 3.63) is 29.8 Å². The Morgan fingerprint density at radius 3 is 2.63 bits per heavy atom. The molecule has 0 radical (unpaired) electrons. The summed E-state index contributed by atoms with van der Waals surface area (Å²) in [6, 6.07) is 5.95. The van der Waals surface area contributed by atoms with Crippen LogP contribution in [0.5, 0.6) is 0 Å². The molecule has 164 valence electrons. The highest BCUT2D eigenvalue weighted by Gasteiger charge is 2.35. The van der Waals surface area contributed by atoms with Crippen LogP contribution >= 0.6 is 0 Å². The normalized spacial score (nSPS) is 23.4. The Balaban J connectivity index is 1.53. The van der Waals surface area contributed by atoms with Crippen molar-refractivity contribution in [2.75, 3.05) is 25.1 Å². The molecule has 1 aromatic rings. The summed E-state index contributed by atoms with van der Waals surface area (Å²) in [5.41, 5.74) is 0.433. The standard InChI is InChI=1S/C18H23N3O7S2/c1-12(18(23)21(2)13-8-10-29(24,25)11-13)28-16(22)7-9-19-17-14-5-3-4-6-15(14)30(26,27)20-17/h3-6,12-13H,7-11H2,1-2H3,(H,19,20). The molecule has 0 saturated carbocycles. The number of ether oxygens (including phenoxy) is 1. The van der Waals surface area contributed by atoms with Gasteiger partial charge >= 0.3 is 5.97 Å². The van der Waals surface area contributed by atoms with Gasteiger partial charge in [0.2, 0.25) is 0 Å². The van der Waals surface area contributed by atoms with Crippen molar-refractivity contribution < 1.29 is 31.2 Å². The zero-order valence-corrected chi connectivity index (χ0v) is 18.2. The number of carbonyl (C=O) groups excluding carboxylic acids is 2. The molecule has 0 aromatic heterocycles. The molecular weight excluding hydrogens is 434 g/mol. The van der Waals surface area contributed by atoms with Gasteiger partial charge in [-0.1, -0.05) is 12.1 Å². The fourth-order valence-electron chi connectivity index (χ4n) is 3.36. The molecule has 2 aliphatic rings. The van der Waals surface area contributed by atoms with E-state index in [-0.39, 0.29) is 35.2 Å². The summed E-state index contributed by atoms with van der Waals surface area (Å²) in [6.07, 6.45) is -0.851. The average molecular weight is 458 g/mol. The van der Waals surface area contributed by atoms with E-state index < -0.39 is 43.9 Å². The zero-order valence-electron chi connectivity index (χ0n) is 16.6. The summed E-state index contributed by atoms with van der Waals surface area (Å²) in [5, 5.41) is 0. The van der Waals surface area contributed by atoms with Crippen molar-refractivity contribution in [1.29, 1.82) is 0 Å². The van der Waals surface area contributed by atoms with Crippen molar-refractivity contribution in [1.82, 2.24) is 9.62 Å². The van der Waals surface area contributed by atoms with Crippen LogP contribution in [0.3, 0.4) is 0 Å². The number of benzene rings is 1. The van der Waals surface area contributed by atoms with Gasteiger partial charge in [-0.05, 0) is 25.5 Å². The van der Waals surface area contributed by atoms with Crippen molar-refractivity contribution in [3.8, 4) is 0 Å². The lowest BCUT2D eigenvalue weighted by Gasteiger charge is -2.26. The lowest BCUT2D eigenvalue weighted by molar-refractivity contribution is -0.159. The van der Waals surface area contributed by atoms with Gasteiger partial charge in [0, 0.05) is 18.7 Å². The van der Waals surface area contributed by atoms with Crippen molar-refractivity contribution in [2.24, 2.45) is 4.99 Å². The van der Waals surface area contributed by atoms with Crippen LogP contribution in [0.2, 0.25) is 0 Å². The van der Waals surface area contributed by atoms with E-state index in [9.17, 15) is 26.4 Å². The van der Waals surface area contributed by atoms with Crippen LogP contribution in [0.1, 0.15) is 25.3 Å². The zero-order chi connectivity index (χ0) is 22.1. The lowest BCUT2D eigenvalue weighted by Crippen LogP contribution is -2.44. The first kappa shape index (κ1) is 22.2. The Labute approximate surface area is 175 Å². The molecule has 1 saturated heterocycles. The molecule has 2 aliphatic heterocycles. The maximum Gasteiger partial charge on any atom is 0.308 e. The van der Waals surface area contributed by atoms with Gasteiger partial charge < -0.3 is 9.64 Å². The number of amides is 1. The molecule has 2 unspecified atom stereocenters. The molecule has 1 fully saturated rings. The molecule has 1 aromatic carbocycles. The van der Waals surface area contributed by atoms with Crippen LogP contribution in [-0.4, -0.2) is 76.7 Å². The van der Waals surface area contributed by atoms with Crippen molar-refractivity contribution in [2.45, 2.75) is 36.8 Å². The minimum absolute atomic E-state index is 0.0252. The minimum Gasteiger partial charge on any atom is -0.452 e. The number of fused-ring (bicyclic) bond motifs is 1. The van der Waals surface area contributed by atoms with Crippen molar-refractivity contribution >= 4 is 37.6 Å². The number of sulfone groups is 1. The number of carbonyl (C=O) groups is 2. The Hall–Kier alpha value is -2.47. The van der Waals surface area contributed by atoms with Gasteiger partial charge in [-0.2, -0.15) is 0 Å². The van der Waals surface area contributed by atoms with E-state index in [2.05, 4.69) is 9.71 Å². The number of rotatable bonds is 6. The molecule has 30 heavy (non-hydrogen) atoms. The van der Waals surface area contributed by atoms with E-state index in [4.69, 9.17) is 4.74 Å². The fourth-order valence-corrected chi connectivity index (χ4v) is 6.39. The Morgan fingerprint density at radius 1 is 1.27 bits per heavy atom. The van der Waals surface area contributed by atoms with Crippen molar-refractivity contribution in [3.63, 3.8) is 0 Å². The van der Waals surface area contributed by atoms with Crippen LogP contribution in [0.25, 0.3) is 0 Å². The third-order valence-corrected chi connectivity index (χ3v) is 8.16. The van der Waals surface area contributed by atoms with Crippen LogP contribution in [0.15, 0.2) is 34.2 Å². The monoisotopic (exact) mass is 457 g/mol. The predicted octanol–water partition coefficient (Wildman–Crippen LogP) is -0.308. The Morgan fingerprint density at radius 2 is 1.97 bits per heavy atom. The molecule has 2 atom stereocenters. The predicted molar refractivity (Wildman–Crippen MR) is 108 cm³/mol. The SMILES string of the molecule is CC(OC(=O)CCN=C1NS(=O)(=O)c2ccccc21)C(=O)N(C)C1CCS(=O)(=O)C1. The van der Waals surface area contributed by atoms with Gasteiger partial charge in [0.25, 0.3) is 15.9 Å². The van der Waals surface area contributed by atoms with E-state index in [1.807, 2.05) is 0 Å². The Kier molecular flexibility index (Phi) is 6.18.